The molecule has 1 amide bonds. The first-order valence-corrected chi connectivity index (χ1v) is 8.17. The molecule has 1 saturated carbocycles. The summed E-state index contributed by atoms with van der Waals surface area (Å²) in [5.74, 6) is -0.316. The molecule has 1 fully saturated rings. The highest BCUT2D eigenvalue weighted by atomic mass is 16.3. The van der Waals surface area contributed by atoms with Crippen LogP contribution < -0.4 is 5.32 Å². The van der Waals surface area contributed by atoms with Crippen molar-refractivity contribution in [1.29, 1.82) is 0 Å². The number of H-pyrrole nitrogens is 1. The number of hydrogen-bond acceptors (Lipinski definition) is 5. The molecule has 0 radical (unpaired) electrons. The molecule has 7 nitrogen and oxygen atoms in total. The second-order valence-electron chi connectivity index (χ2n) is 6.35. The van der Waals surface area contributed by atoms with Gasteiger partial charge in [0.1, 0.15) is 11.3 Å². The molecular weight excluding hydrogens is 320 g/mol. The Kier molecular flexibility index (Phi) is 3.95. The van der Waals surface area contributed by atoms with Gasteiger partial charge in [0.2, 0.25) is 0 Å². The number of carbonyl (C=O) groups excluding carboxylic acids is 1. The Balaban J connectivity index is 1.55. The average Bonchev–Trinajstić information content (AvgIpc) is 3.20. The van der Waals surface area contributed by atoms with Crippen LogP contribution >= 0.6 is 0 Å². The maximum Gasteiger partial charge on any atom is 0.270 e. The minimum atomic E-state index is -0.788. The van der Waals surface area contributed by atoms with Gasteiger partial charge in [-0.05, 0) is 42.7 Å². The Morgan fingerprint density at radius 2 is 1.92 bits per heavy atom. The van der Waals surface area contributed by atoms with E-state index < -0.39 is 12.2 Å². The molecule has 7 heteroatoms. The highest BCUT2D eigenvalue weighted by Gasteiger charge is 2.32. The normalized spacial score (nSPS) is 23.0. The zero-order valence-electron chi connectivity index (χ0n) is 13.4. The van der Waals surface area contributed by atoms with Crippen LogP contribution in [0.3, 0.4) is 0 Å². The monoisotopic (exact) mass is 338 g/mol. The smallest absolute Gasteiger partial charge is 0.270 e. The summed E-state index contributed by atoms with van der Waals surface area (Å²) in [6.07, 6.45) is 4.29. The molecule has 4 N–H and O–H groups in total. The quantitative estimate of drug-likeness (QED) is 0.574. The van der Waals surface area contributed by atoms with Gasteiger partial charge in [-0.15, -0.1) is 0 Å². The van der Waals surface area contributed by atoms with Crippen LogP contribution in [0.15, 0.2) is 42.9 Å². The van der Waals surface area contributed by atoms with Crippen molar-refractivity contribution in [1.82, 2.24) is 20.3 Å². The number of pyridine rings is 2. The molecular formula is C18H18N4O3. The number of amides is 1. The van der Waals surface area contributed by atoms with Gasteiger partial charge >= 0.3 is 0 Å². The standard InChI is InChI=1S/C18H18N4O3/c23-15-7-13(8-16(15)24)22-18(25)14-6-10(1-3-19-14)12-5-11-2-4-20-17(11)21-9-12/h1-6,9,13,15-16,23-24H,7-8H2,(H,20,21)(H,22,25)/t13?,15-,16+. The van der Waals surface area contributed by atoms with E-state index in [1.165, 1.54) is 0 Å². The molecule has 3 atom stereocenters. The molecule has 3 aromatic rings. The minimum Gasteiger partial charge on any atom is -0.390 e. The summed E-state index contributed by atoms with van der Waals surface area (Å²) in [5.41, 5.74) is 2.86. The number of rotatable bonds is 3. The summed E-state index contributed by atoms with van der Waals surface area (Å²) in [7, 11) is 0. The fourth-order valence-electron chi connectivity index (χ4n) is 3.20. The van der Waals surface area contributed by atoms with Crippen molar-refractivity contribution in [2.45, 2.75) is 31.1 Å². The van der Waals surface area contributed by atoms with Crippen molar-refractivity contribution in [3.8, 4) is 11.1 Å². The number of fused-ring (bicyclic) bond motifs is 1. The zero-order chi connectivity index (χ0) is 17.4. The molecule has 1 unspecified atom stereocenters. The summed E-state index contributed by atoms with van der Waals surface area (Å²) >= 11 is 0. The van der Waals surface area contributed by atoms with E-state index in [9.17, 15) is 15.0 Å². The van der Waals surface area contributed by atoms with E-state index in [-0.39, 0.29) is 11.9 Å². The second-order valence-corrected chi connectivity index (χ2v) is 6.35. The lowest BCUT2D eigenvalue weighted by molar-refractivity contribution is 0.0438. The van der Waals surface area contributed by atoms with Crippen LogP contribution in [0.5, 0.6) is 0 Å². The van der Waals surface area contributed by atoms with Gasteiger partial charge in [-0.25, -0.2) is 4.98 Å². The van der Waals surface area contributed by atoms with Crippen molar-refractivity contribution in [3.63, 3.8) is 0 Å². The number of carbonyl (C=O) groups is 1. The van der Waals surface area contributed by atoms with Crippen LogP contribution in [0.25, 0.3) is 22.2 Å². The molecule has 128 valence electrons. The molecule has 0 aromatic carbocycles. The molecule has 1 aliphatic carbocycles. The summed E-state index contributed by atoms with van der Waals surface area (Å²) in [5, 5.41) is 23.0. The first-order chi connectivity index (χ1) is 12.1. The summed E-state index contributed by atoms with van der Waals surface area (Å²) in [4.78, 5) is 24.0. The van der Waals surface area contributed by atoms with E-state index in [4.69, 9.17) is 0 Å². The molecule has 3 heterocycles. The number of aromatic nitrogens is 3. The van der Waals surface area contributed by atoms with Gasteiger partial charge in [-0.1, -0.05) is 0 Å². The van der Waals surface area contributed by atoms with Gasteiger partial charge in [-0.3, -0.25) is 9.78 Å². The summed E-state index contributed by atoms with van der Waals surface area (Å²) in [6.45, 7) is 0. The fraction of sp³-hybridized carbons (Fsp3) is 0.278. The number of hydrogen-bond donors (Lipinski definition) is 4. The Hall–Kier alpha value is -2.77. The van der Waals surface area contributed by atoms with Crippen molar-refractivity contribution in [2.75, 3.05) is 0 Å². The van der Waals surface area contributed by atoms with Crippen LogP contribution in [0.4, 0.5) is 0 Å². The minimum absolute atomic E-state index is 0.249. The second kappa shape index (κ2) is 6.27. The third-order valence-electron chi connectivity index (χ3n) is 4.56. The third-order valence-corrected chi connectivity index (χ3v) is 4.56. The Labute approximate surface area is 143 Å². The molecule has 25 heavy (non-hydrogen) atoms. The lowest BCUT2D eigenvalue weighted by atomic mass is 10.1. The molecule has 4 rings (SSSR count). The van der Waals surface area contributed by atoms with Crippen molar-refractivity contribution in [2.24, 2.45) is 0 Å². The maximum absolute atomic E-state index is 12.4. The summed E-state index contributed by atoms with van der Waals surface area (Å²) in [6, 6.07) is 7.24. The van der Waals surface area contributed by atoms with E-state index in [1.54, 1.807) is 18.5 Å². The molecule has 0 bridgehead atoms. The van der Waals surface area contributed by atoms with E-state index in [1.807, 2.05) is 24.4 Å². The lowest BCUT2D eigenvalue weighted by Gasteiger charge is -2.12. The maximum atomic E-state index is 12.4. The molecule has 0 aliphatic heterocycles. The predicted molar refractivity (Wildman–Crippen MR) is 91.8 cm³/mol. The number of nitrogens with zero attached hydrogens (tertiary/aromatic N) is 2. The molecule has 0 saturated heterocycles. The van der Waals surface area contributed by atoms with Crippen LogP contribution in [0.2, 0.25) is 0 Å². The van der Waals surface area contributed by atoms with Gasteiger partial charge in [0.15, 0.2) is 0 Å². The number of aliphatic hydroxyl groups is 2. The predicted octanol–water partition coefficient (Wildman–Crippen LogP) is 1.24. The Bertz CT molecular complexity index is 913. The largest absolute Gasteiger partial charge is 0.390 e. The third kappa shape index (κ3) is 3.11. The van der Waals surface area contributed by atoms with Crippen LogP contribution in [-0.4, -0.2) is 49.3 Å². The molecule has 3 aromatic heterocycles. The summed E-state index contributed by atoms with van der Waals surface area (Å²) < 4.78 is 0. The van der Waals surface area contributed by atoms with Crippen molar-refractivity contribution in [3.05, 3.63) is 48.5 Å². The van der Waals surface area contributed by atoms with Gasteiger partial charge < -0.3 is 20.5 Å². The molecule has 1 aliphatic rings. The van der Waals surface area contributed by atoms with E-state index in [0.717, 1.165) is 22.2 Å². The van der Waals surface area contributed by atoms with Gasteiger partial charge in [0.05, 0.1) is 12.2 Å². The van der Waals surface area contributed by atoms with E-state index >= 15 is 0 Å². The number of aliphatic hydroxyl groups excluding tert-OH is 2. The van der Waals surface area contributed by atoms with Gasteiger partial charge in [0, 0.05) is 35.6 Å². The van der Waals surface area contributed by atoms with Crippen LogP contribution in [-0.2, 0) is 0 Å². The highest BCUT2D eigenvalue weighted by molar-refractivity contribution is 5.94. The number of nitrogens with one attached hydrogen (secondary N) is 2. The first kappa shape index (κ1) is 15.7. The fourth-order valence-corrected chi connectivity index (χ4v) is 3.20. The van der Waals surface area contributed by atoms with Gasteiger partial charge in [0.25, 0.3) is 5.91 Å². The highest BCUT2D eigenvalue weighted by Crippen LogP contribution is 2.23. The van der Waals surface area contributed by atoms with Gasteiger partial charge in [-0.2, -0.15) is 0 Å². The van der Waals surface area contributed by atoms with E-state index in [0.29, 0.717) is 18.5 Å². The molecule has 0 spiro atoms. The first-order valence-electron chi connectivity index (χ1n) is 8.17. The van der Waals surface area contributed by atoms with Crippen LogP contribution in [0, 0.1) is 0 Å². The van der Waals surface area contributed by atoms with E-state index in [2.05, 4.69) is 20.3 Å². The average molecular weight is 338 g/mol. The van der Waals surface area contributed by atoms with Crippen molar-refractivity contribution >= 4 is 16.9 Å². The number of aromatic amines is 1. The zero-order valence-corrected chi connectivity index (χ0v) is 13.4. The Morgan fingerprint density at radius 3 is 2.72 bits per heavy atom. The SMILES string of the molecule is O=C(NC1C[C@@H](O)[C@@H](O)C1)c1cc(-c2cnc3[nH]ccc3c2)ccn1. The topological polar surface area (TPSA) is 111 Å². The Morgan fingerprint density at radius 1 is 1.12 bits per heavy atom. The van der Waals surface area contributed by atoms with Crippen molar-refractivity contribution < 1.29 is 15.0 Å². The lowest BCUT2D eigenvalue weighted by Crippen LogP contribution is -2.34. The van der Waals surface area contributed by atoms with Crippen LogP contribution in [0.1, 0.15) is 23.3 Å².